The molecule has 0 spiro atoms. The molecule has 0 aliphatic carbocycles. The smallest absolute Gasteiger partial charge is 0.281 e. The molecule has 0 atom stereocenters. The Hall–Kier alpha value is -2.05. The topological polar surface area (TPSA) is 110 Å². The van der Waals surface area contributed by atoms with E-state index < -0.39 is 0 Å². The number of anilines is 1. The molecule has 7 nitrogen and oxygen atoms in total. The second-order valence-corrected chi connectivity index (χ2v) is 2.49. The quantitative estimate of drug-likeness (QED) is 0.535. The number of rotatable bonds is 0. The number of aromatic amines is 1. The van der Waals surface area contributed by atoms with Gasteiger partial charge in [-0.2, -0.15) is 4.98 Å². The Kier molecular flexibility index (Phi) is 1.44. The molecule has 0 saturated heterocycles. The van der Waals surface area contributed by atoms with E-state index in [1.54, 1.807) is 6.92 Å². The van der Waals surface area contributed by atoms with Crippen molar-refractivity contribution in [1.82, 2.24) is 25.1 Å². The first kappa shape index (κ1) is 7.59. The summed E-state index contributed by atoms with van der Waals surface area (Å²) in [5.74, 6) is 0.474. The molecule has 0 radical (unpaired) electrons. The van der Waals surface area contributed by atoms with E-state index in [0.717, 1.165) is 0 Å². The van der Waals surface area contributed by atoms with Crippen molar-refractivity contribution in [3.8, 4) is 0 Å². The summed E-state index contributed by atoms with van der Waals surface area (Å²) in [6.45, 7) is 1.65. The summed E-state index contributed by atoms with van der Waals surface area (Å²) in [6, 6.07) is 0. The molecule has 0 fully saturated rings. The van der Waals surface area contributed by atoms with Gasteiger partial charge in [0.2, 0.25) is 5.95 Å². The maximum Gasteiger partial charge on any atom is 0.281 e. The number of aryl methyl sites for hydroxylation is 1. The van der Waals surface area contributed by atoms with Crippen LogP contribution in [0.25, 0.3) is 11.2 Å². The van der Waals surface area contributed by atoms with Gasteiger partial charge < -0.3 is 10.7 Å². The van der Waals surface area contributed by atoms with Crippen molar-refractivity contribution in [3.63, 3.8) is 0 Å². The molecular formula is C6H6N6O. The van der Waals surface area contributed by atoms with Gasteiger partial charge in [0.15, 0.2) is 11.2 Å². The monoisotopic (exact) mass is 178 g/mol. The molecule has 7 heteroatoms. The zero-order chi connectivity index (χ0) is 9.42. The predicted molar refractivity (Wildman–Crippen MR) is 44.9 cm³/mol. The van der Waals surface area contributed by atoms with Crippen LogP contribution in [0.5, 0.6) is 0 Å². The third kappa shape index (κ3) is 1.19. The molecular weight excluding hydrogens is 172 g/mol. The second kappa shape index (κ2) is 2.47. The Balaban J connectivity index is 2.95. The minimum absolute atomic E-state index is 0.00463. The highest BCUT2D eigenvalue weighted by molar-refractivity contribution is 5.67. The maximum absolute atomic E-state index is 11.2. The van der Waals surface area contributed by atoms with Crippen molar-refractivity contribution in [1.29, 1.82) is 0 Å². The van der Waals surface area contributed by atoms with E-state index >= 15 is 0 Å². The Morgan fingerprint density at radius 1 is 1.31 bits per heavy atom. The van der Waals surface area contributed by atoms with Crippen LogP contribution < -0.4 is 11.3 Å². The van der Waals surface area contributed by atoms with Crippen molar-refractivity contribution in [2.45, 2.75) is 6.92 Å². The van der Waals surface area contributed by atoms with Gasteiger partial charge in [-0.25, -0.2) is 4.98 Å². The fraction of sp³-hybridized carbons (Fsp3) is 0.167. The maximum atomic E-state index is 11.2. The summed E-state index contributed by atoms with van der Waals surface area (Å²) in [4.78, 5) is 21.4. The zero-order valence-electron chi connectivity index (χ0n) is 6.77. The van der Waals surface area contributed by atoms with Gasteiger partial charge in [0.05, 0.1) is 0 Å². The molecule has 2 aromatic rings. The van der Waals surface area contributed by atoms with Gasteiger partial charge >= 0.3 is 0 Å². The SMILES string of the molecule is Cc1nc2nc(N)nnc2c(=O)[nH]1. The molecule has 2 rings (SSSR count). The number of hydrogen-bond acceptors (Lipinski definition) is 6. The lowest BCUT2D eigenvalue weighted by atomic mass is 10.5. The molecule has 0 saturated carbocycles. The number of hydrogen-bond donors (Lipinski definition) is 2. The number of nitrogens with one attached hydrogen (secondary N) is 1. The molecule has 66 valence electrons. The van der Waals surface area contributed by atoms with Crippen LogP contribution >= 0.6 is 0 Å². The third-order valence-corrected chi connectivity index (χ3v) is 1.47. The van der Waals surface area contributed by atoms with Crippen LogP contribution in [0.1, 0.15) is 5.82 Å². The lowest BCUT2D eigenvalue weighted by Gasteiger charge is -1.95. The average Bonchev–Trinajstić information content (AvgIpc) is 2.02. The number of fused-ring (bicyclic) bond motifs is 1. The first-order valence-electron chi connectivity index (χ1n) is 3.53. The summed E-state index contributed by atoms with van der Waals surface area (Å²) < 4.78 is 0. The largest absolute Gasteiger partial charge is 0.366 e. The molecule has 0 unspecified atom stereocenters. The van der Waals surface area contributed by atoms with Crippen molar-refractivity contribution < 1.29 is 0 Å². The second-order valence-electron chi connectivity index (χ2n) is 2.49. The highest BCUT2D eigenvalue weighted by Crippen LogP contribution is 1.99. The van der Waals surface area contributed by atoms with Gasteiger partial charge in [0.1, 0.15) is 5.82 Å². The Morgan fingerprint density at radius 3 is 2.85 bits per heavy atom. The highest BCUT2D eigenvalue weighted by Gasteiger charge is 2.04. The normalized spacial score (nSPS) is 10.5. The Labute approximate surface area is 72.0 Å². The van der Waals surface area contributed by atoms with Crippen molar-refractivity contribution in [2.24, 2.45) is 0 Å². The predicted octanol–water partition coefficient (Wildman–Crippen LogP) is -1.00. The summed E-state index contributed by atoms with van der Waals surface area (Å²) in [6.07, 6.45) is 0. The van der Waals surface area contributed by atoms with Crippen LogP contribution in [0.2, 0.25) is 0 Å². The average molecular weight is 178 g/mol. The van der Waals surface area contributed by atoms with E-state index in [4.69, 9.17) is 5.73 Å². The number of aromatic nitrogens is 5. The number of nitrogens with two attached hydrogens (primary N) is 1. The lowest BCUT2D eigenvalue weighted by molar-refractivity contribution is 0.971. The number of nitrogens with zero attached hydrogens (tertiary/aromatic N) is 4. The zero-order valence-corrected chi connectivity index (χ0v) is 6.77. The molecule has 0 aliphatic rings. The van der Waals surface area contributed by atoms with E-state index in [2.05, 4.69) is 25.1 Å². The van der Waals surface area contributed by atoms with Gasteiger partial charge in [0, 0.05) is 0 Å². The van der Waals surface area contributed by atoms with E-state index in [1.807, 2.05) is 0 Å². The van der Waals surface area contributed by atoms with Gasteiger partial charge in [-0.3, -0.25) is 4.79 Å². The van der Waals surface area contributed by atoms with E-state index in [-0.39, 0.29) is 22.7 Å². The fourth-order valence-corrected chi connectivity index (χ4v) is 0.965. The summed E-state index contributed by atoms with van der Waals surface area (Å²) in [5, 5.41) is 7.03. The molecule has 3 N–H and O–H groups in total. The summed E-state index contributed by atoms with van der Waals surface area (Å²) in [5.41, 5.74) is 5.24. The van der Waals surface area contributed by atoms with Crippen molar-refractivity contribution in [2.75, 3.05) is 5.73 Å². The molecule has 0 bridgehead atoms. The van der Waals surface area contributed by atoms with E-state index in [9.17, 15) is 4.79 Å². The standard InChI is InChI=1S/C6H6N6O/c1-2-8-4-3(5(13)9-2)11-12-6(7)10-4/h1H3,(H3,7,8,9,10,12,13). The molecule has 0 aromatic carbocycles. The fourth-order valence-electron chi connectivity index (χ4n) is 0.965. The van der Waals surface area contributed by atoms with Crippen LogP contribution in [0, 0.1) is 6.92 Å². The van der Waals surface area contributed by atoms with Gasteiger partial charge in [-0.1, -0.05) is 0 Å². The highest BCUT2D eigenvalue weighted by atomic mass is 16.1. The summed E-state index contributed by atoms with van der Waals surface area (Å²) in [7, 11) is 0. The lowest BCUT2D eigenvalue weighted by Crippen LogP contribution is -2.13. The van der Waals surface area contributed by atoms with Gasteiger partial charge in [-0.05, 0) is 6.92 Å². The first-order chi connectivity index (χ1) is 6.16. The van der Waals surface area contributed by atoms with Crippen molar-refractivity contribution in [3.05, 3.63) is 16.2 Å². The van der Waals surface area contributed by atoms with Crippen LogP contribution in [-0.4, -0.2) is 25.1 Å². The van der Waals surface area contributed by atoms with Crippen LogP contribution in [0.4, 0.5) is 5.95 Å². The van der Waals surface area contributed by atoms with Crippen LogP contribution in [-0.2, 0) is 0 Å². The number of H-pyrrole nitrogens is 1. The molecule has 0 aliphatic heterocycles. The van der Waals surface area contributed by atoms with Crippen LogP contribution in [0.15, 0.2) is 4.79 Å². The third-order valence-electron chi connectivity index (χ3n) is 1.47. The first-order valence-corrected chi connectivity index (χ1v) is 3.53. The molecule has 2 heterocycles. The van der Waals surface area contributed by atoms with Crippen molar-refractivity contribution >= 4 is 17.1 Å². The number of nitrogen functional groups attached to an aromatic ring is 1. The summed E-state index contributed by atoms with van der Waals surface area (Å²) >= 11 is 0. The van der Waals surface area contributed by atoms with Gasteiger partial charge in [-0.15, -0.1) is 10.2 Å². The van der Waals surface area contributed by atoms with Gasteiger partial charge in [0.25, 0.3) is 5.56 Å². The Bertz CT molecular complexity index is 513. The molecule has 0 amide bonds. The molecule has 13 heavy (non-hydrogen) atoms. The van der Waals surface area contributed by atoms with E-state index in [0.29, 0.717) is 5.82 Å². The minimum atomic E-state index is -0.359. The molecule has 2 aromatic heterocycles. The van der Waals surface area contributed by atoms with Crippen LogP contribution in [0.3, 0.4) is 0 Å². The van der Waals surface area contributed by atoms with E-state index in [1.165, 1.54) is 0 Å². The Morgan fingerprint density at radius 2 is 2.08 bits per heavy atom. The minimum Gasteiger partial charge on any atom is -0.366 e.